The van der Waals surface area contributed by atoms with E-state index in [0.29, 0.717) is 17.8 Å². The summed E-state index contributed by atoms with van der Waals surface area (Å²) in [5.41, 5.74) is 2.62. The lowest BCUT2D eigenvalue weighted by molar-refractivity contribution is -0.0886. The number of methoxy groups -OCH3 is 2. The number of hydrogen-bond acceptors (Lipinski definition) is 6. The number of aliphatic hydroxyl groups is 1. The van der Waals surface area contributed by atoms with Crippen LogP contribution in [0.25, 0.3) is 5.57 Å². The molecule has 190 valence electrons. The zero-order valence-corrected chi connectivity index (χ0v) is 22.5. The highest BCUT2D eigenvalue weighted by Gasteiger charge is 2.63. The Labute approximate surface area is 218 Å². The average molecular weight is 505 g/mol. The Bertz CT molecular complexity index is 1280. The van der Waals surface area contributed by atoms with Crippen molar-refractivity contribution in [3.8, 4) is 23.8 Å². The second-order valence-corrected chi connectivity index (χ2v) is 12.6. The molecule has 2 saturated carbocycles. The largest absolute Gasteiger partial charge is 0.497 e. The maximum Gasteiger partial charge on any atom is 0.188 e. The van der Waals surface area contributed by atoms with E-state index < -0.39 is 5.60 Å². The predicted molar refractivity (Wildman–Crippen MR) is 145 cm³/mol. The molecular weight excluding hydrogens is 468 g/mol. The van der Waals surface area contributed by atoms with Crippen molar-refractivity contribution in [3.05, 3.63) is 34.8 Å². The van der Waals surface area contributed by atoms with E-state index in [-0.39, 0.29) is 10.8 Å². The minimum Gasteiger partial charge on any atom is -0.497 e. The number of terminal acetylenes is 1. The molecule has 1 heterocycles. The molecule has 0 saturated heterocycles. The number of aryl methyl sites for hydroxylation is 1. The Morgan fingerprint density at radius 3 is 2.69 bits per heavy atom. The highest BCUT2D eigenvalue weighted by molar-refractivity contribution is 7.16. The van der Waals surface area contributed by atoms with Gasteiger partial charge in [-0.15, -0.1) is 6.42 Å². The van der Waals surface area contributed by atoms with Gasteiger partial charge in [-0.3, -0.25) is 0 Å². The number of rotatable bonds is 4. The molecule has 4 aliphatic carbocycles. The molecule has 2 fully saturated rings. The van der Waals surface area contributed by atoms with Crippen LogP contribution in [-0.4, -0.2) is 29.9 Å². The van der Waals surface area contributed by atoms with Crippen molar-refractivity contribution in [2.75, 3.05) is 19.5 Å². The zero-order valence-electron chi connectivity index (χ0n) is 21.7. The number of hydrogen-bond donors (Lipinski definition) is 2. The molecule has 2 N–H and O–H groups in total. The lowest BCUT2D eigenvalue weighted by Gasteiger charge is -2.57. The van der Waals surface area contributed by atoms with Crippen LogP contribution < -0.4 is 14.8 Å². The first-order valence-corrected chi connectivity index (χ1v) is 14.0. The summed E-state index contributed by atoms with van der Waals surface area (Å²) in [5, 5.41) is 15.7. The molecule has 4 aliphatic rings. The van der Waals surface area contributed by atoms with E-state index in [4.69, 9.17) is 20.9 Å². The summed E-state index contributed by atoms with van der Waals surface area (Å²) in [6, 6.07) is 5.79. The molecule has 6 heteroatoms. The van der Waals surface area contributed by atoms with E-state index in [9.17, 15) is 5.11 Å². The van der Waals surface area contributed by atoms with Crippen LogP contribution in [0.1, 0.15) is 62.9 Å². The van der Waals surface area contributed by atoms with Crippen LogP contribution in [0.15, 0.2) is 24.3 Å². The zero-order chi connectivity index (χ0) is 25.3. The number of aromatic nitrogens is 1. The molecule has 1 aromatic carbocycles. The third kappa shape index (κ3) is 3.22. The second-order valence-electron chi connectivity index (χ2n) is 11.6. The Morgan fingerprint density at radius 2 is 1.94 bits per heavy atom. The van der Waals surface area contributed by atoms with Crippen molar-refractivity contribution in [3.63, 3.8) is 0 Å². The fourth-order valence-electron chi connectivity index (χ4n) is 8.20. The molecule has 0 amide bonds. The molecule has 1 unspecified atom stereocenters. The van der Waals surface area contributed by atoms with Crippen molar-refractivity contribution < 1.29 is 14.6 Å². The first-order chi connectivity index (χ1) is 17.3. The molecular formula is C30H36N2O3S. The van der Waals surface area contributed by atoms with Gasteiger partial charge in [0.2, 0.25) is 0 Å². The van der Waals surface area contributed by atoms with Crippen LogP contribution in [0.5, 0.6) is 11.5 Å². The highest BCUT2D eigenvalue weighted by Crippen LogP contribution is 2.68. The van der Waals surface area contributed by atoms with Gasteiger partial charge in [0, 0.05) is 11.5 Å². The maximum absolute atomic E-state index is 11.3. The van der Waals surface area contributed by atoms with Crippen molar-refractivity contribution in [2.24, 2.45) is 28.6 Å². The summed E-state index contributed by atoms with van der Waals surface area (Å²) in [6.07, 6.45) is 15.5. The van der Waals surface area contributed by atoms with Gasteiger partial charge >= 0.3 is 0 Å². The van der Waals surface area contributed by atoms with Crippen LogP contribution in [0.4, 0.5) is 10.8 Å². The van der Waals surface area contributed by atoms with Gasteiger partial charge in [0.15, 0.2) is 5.13 Å². The fourth-order valence-corrected chi connectivity index (χ4v) is 9.40. The Hall–Kier alpha value is -2.49. The van der Waals surface area contributed by atoms with Crippen molar-refractivity contribution in [1.29, 1.82) is 0 Å². The summed E-state index contributed by atoms with van der Waals surface area (Å²) in [5.74, 6) is 6.02. The van der Waals surface area contributed by atoms with Gasteiger partial charge in [-0.25, -0.2) is 4.98 Å². The predicted octanol–water partition coefficient (Wildman–Crippen LogP) is 6.45. The highest BCUT2D eigenvalue weighted by atomic mass is 32.1. The van der Waals surface area contributed by atoms with Crippen LogP contribution in [-0.2, 0) is 6.42 Å². The minimum atomic E-state index is -0.950. The van der Waals surface area contributed by atoms with E-state index in [2.05, 4.69) is 31.2 Å². The Kier molecular flexibility index (Phi) is 5.48. The number of anilines is 2. The van der Waals surface area contributed by atoms with Gasteiger partial charge < -0.3 is 19.9 Å². The standard InChI is InChI=1S/C30H36N2O3S/c1-6-30(33)16-12-21-19-8-9-22-26-24(13-14-28(22,2)20(19)11-15-29(21,30)3)32-27(36-26)31-23-10-7-18(34-4)17-25(23)35-5/h1,7,9-10,17,19-21,33H,8,11-16H2,2-5H3,(H,31,32)/t19-,20+,21+,28-,29+,30?/m1/s1. The topological polar surface area (TPSA) is 63.6 Å². The lowest BCUT2D eigenvalue weighted by Crippen LogP contribution is -2.53. The normalized spacial score (nSPS) is 36.4. The minimum absolute atomic E-state index is 0.149. The molecule has 6 rings (SSSR count). The molecule has 1 aromatic heterocycles. The van der Waals surface area contributed by atoms with Crippen molar-refractivity contribution in [2.45, 2.75) is 64.4 Å². The van der Waals surface area contributed by atoms with Gasteiger partial charge in [-0.2, -0.15) is 0 Å². The fraction of sp³-hybridized carbons (Fsp3) is 0.567. The van der Waals surface area contributed by atoms with Crippen molar-refractivity contribution >= 4 is 27.7 Å². The van der Waals surface area contributed by atoms with Gasteiger partial charge in [0.05, 0.1) is 30.5 Å². The quantitative estimate of drug-likeness (QED) is 0.469. The Morgan fingerprint density at radius 1 is 1.14 bits per heavy atom. The van der Waals surface area contributed by atoms with Gasteiger partial charge in [-0.1, -0.05) is 37.2 Å². The molecule has 5 nitrogen and oxygen atoms in total. The van der Waals surface area contributed by atoms with Crippen LogP contribution >= 0.6 is 11.3 Å². The Balaban J connectivity index is 1.31. The first kappa shape index (κ1) is 23.9. The number of thiazole rings is 1. The van der Waals surface area contributed by atoms with Gasteiger partial charge in [-0.05, 0) is 85.8 Å². The maximum atomic E-state index is 11.3. The third-order valence-electron chi connectivity index (χ3n) is 10.3. The SMILES string of the molecule is C#CC1(O)CC[C@H]2[C@@H]3CC=C4c5sc(Nc6ccc(OC)cc6OC)nc5CC[C@]4(C)[C@H]3CC[C@@]21C. The number of ether oxygens (including phenoxy) is 2. The number of nitrogens with zero attached hydrogens (tertiary/aromatic N) is 1. The monoisotopic (exact) mass is 504 g/mol. The molecule has 6 atom stereocenters. The van der Waals surface area contributed by atoms with Gasteiger partial charge in [0.25, 0.3) is 0 Å². The third-order valence-corrected chi connectivity index (χ3v) is 11.4. The number of nitrogens with one attached hydrogen (secondary N) is 1. The number of benzene rings is 1. The molecule has 0 spiro atoms. The molecule has 0 radical (unpaired) electrons. The first-order valence-electron chi connectivity index (χ1n) is 13.2. The average Bonchev–Trinajstić information content (AvgIpc) is 3.42. The van der Waals surface area contributed by atoms with E-state index in [0.717, 1.165) is 67.3 Å². The van der Waals surface area contributed by atoms with Crippen molar-refractivity contribution in [1.82, 2.24) is 4.98 Å². The number of allylic oxidation sites excluding steroid dienone is 2. The molecule has 0 aliphatic heterocycles. The lowest BCUT2D eigenvalue weighted by atomic mass is 9.47. The smallest absolute Gasteiger partial charge is 0.188 e. The van der Waals surface area contributed by atoms with Crippen LogP contribution in [0, 0.1) is 40.9 Å². The summed E-state index contributed by atoms with van der Waals surface area (Å²) in [6.45, 7) is 4.75. The molecule has 2 aromatic rings. The van der Waals surface area contributed by atoms with Crippen LogP contribution in [0.2, 0.25) is 0 Å². The van der Waals surface area contributed by atoms with E-state index in [1.807, 2.05) is 18.2 Å². The summed E-state index contributed by atoms with van der Waals surface area (Å²) in [7, 11) is 3.33. The summed E-state index contributed by atoms with van der Waals surface area (Å²) in [4.78, 5) is 6.35. The van der Waals surface area contributed by atoms with Crippen LogP contribution in [0.3, 0.4) is 0 Å². The molecule has 0 bridgehead atoms. The molecule has 36 heavy (non-hydrogen) atoms. The second kappa shape index (κ2) is 8.26. The summed E-state index contributed by atoms with van der Waals surface area (Å²) >= 11 is 1.76. The summed E-state index contributed by atoms with van der Waals surface area (Å²) < 4.78 is 10.9. The number of fused-ring (bicyclic) bond motifs is 7. The van der Waals surface area contributed by atoms with Gasteiger partial charge in [0.1, 0.15) is 17.1 Å². The van der Waals surface area contributed by atoms with E-state index >= 15 is 0 Å². The van der Waals surface area contributed by atoms with E-state index in [1.165, 1.54) is 16.1 Å². The van der Waals surface area contributed by atoms with E-state index in [1.54, 1.807) is 25.6 Å².